The highest BCUT2D eigenvalue weighted by Gasteiger charge is 2.64. The maximum atomic E-state index is 9.86. The van der Waals surface area contributed by atoms with Crippen LogP contribution < -0.4 is 0 Å². The fourth-order valence-corrected chi connectivity index (χ4v) is 5.28. The second kappa shape index (κ2) is 3.48. The van der Waals surface area contributed by atoms with Crippen molar-refractivity contribution in [3.63, 3.8) is 0 Å². The Hall–Kier alpha value is -0.0800. The Morgan fingerprint density at radius 1 is 1.18 bits per heavy atom. The van der Waals surface area contributed by atoms with Gasteiger partial charge in [0.05, 0.1) is 12.2 Å². The minimum absolute atomic E-state index is 0.0629. The molecule has 0 aromatic carbocycles. The summed E-state index contributed by atoms with van der Waals surface area (Å²) in [6.45, 7) is 8.47. The molecule has 0 aromatic rings. The van der Waals surface area contributed by atoms with Crippen LogP contribution in [0.15, 0.2) is 0 Å². The second-order valence-electron chi connectivity index (χ2n) is 7.53. The van der Waals surface area contributed by atoms with Crippen molar-refractivity contribution in [3.05, 3.63) is 0 Å². The lowest BCUT2D eigenvalue weighted by molar-refractivity contribution is -0.119. The van der Waals surface area contributed by atoms with Gasteiger partial charge < -0.3 is 9.84 Å². The zero-order valence-corrected chi connectivity index (χ0v) is 11.5. The van der Waals surface area contributed by atoms with Gasteiger partial charge in [-0.15, -0.1) is 0 Å². The molecule has 2 saturated carbocycles. The van der Waals surface area contributed by atoms with E-state index >= 15 is 0 Å². The average molecular weight is 238 g/mol. The van der Waals surface area contributed by atoms with Gasteiger partial charge in [0.25, 0.3) is 0 Å². The third kappa shape index (κ3) is 1.53. The molecular formula is C15H26O2. The van der Waals surface area contributed by atoms with Crippen LogP contribution in [0.2, 0.25) is 0 Å². The van der Waals surface area contributed by atoms with Crippen molar-refractivity contribution >= 4 is 0 Å². The zero-order chi connectivity index (χ0) is 12.3. The molecule has 17 heavy (non-hydrogen) atoms. The molecule has 0 aromatic heterocycles. The maximum Gasteiger partial charge on any atom is 0.0971 e. The first-order valence-corrected chi connectivity index (χ1v) is 7.19. The van der Waals surface area contributed by atoms with Crippen LogP contribution >= 0.6 is 0 Å². The molecule has 98 valence electrons. The molecule has 1 saturated heterocycles. The zero-order valence-electron chi connectivity index (χ0n) is 11.5. The van der Waals surface area contributed by atoms with Gasteiger partial charge in [-0.2, -0.15) is 0 Å². The van der Waals surface area contributed by atoms with Crippen molar-refractivity contribution in [2.24, 2.45) is 22.7 Å². The quantitative estimate of drug-likeness (QED) is 0.712. The van der Waals surface area contributed by atoms with Gasteiger partial charge in [-0.25, -0.2) is 0 Å². The molecule has 2 heteroatoms. The fraction of sp³-hybridized carbons (Fsp3) is 1.00. The Bertz CT molecular complexity index is 313. The Kier molecular flexibility index (Phi) is 2.45. The molecule has 1 aliphatic heterocycles. The molecule has 2 nitrogen and oxygen atoms in total. The first kappa shape index (κ1) is 12.0. The standard InChI is InChI=1S/C15H26O2/c1-13(2)6-4-7-14(3)11(13)5-8-15(10-17-15)12(14)9-16/h11-12,16H,4-10H2,1-3H3/t11-,12+,14-,15-/m0/s1. The summed E-state index contributed by atoms with van der Waals surface area (Å²) in [5, 5.41) is 9.86. The predicted octanol–water partition coefficient (Wildman–Crippen LogP) is 2.99. The van der Waals surface area contributed by atoms with Gasteiger partial charge in [0.1, 0.15) is 0 Å². The van der Waals surface area contributed by atoms with Gasteiger partial charge in [0.2, 0.25) is 0 Å². The number of hydrogen-bond donors (Lipinski definition) is 1. The van der Waals surface area contributed by atoms with E-state index in [9.17, 15) is 5.11 Å². The number of rotatable bonds is 1. The first-order chi connectivity index (χ1) is 7.95. The van der Waals surface area contributed by atoms with E-state index in [4.69, 9.17) is 4.74 Å². The molecule has 0 bridgehead atoms. The van der Waals surface area contributed by atoms with E-state index < -0.39 is 0 Å². The number of aliphatic hydroxyl groups is 1. The Labute approximate surface area is 105 Å². The first-order valence-electron chi connectivity index (χ1n) is 7.19. The summed E-state index contributed by atoms with van der Waals surface area (Å²) in [7, 11) is 0. The van der Waals surface area contributed by atoms with Crippen molar-refractivity contribution < 1.29 is 9.84 Å². The van der Waals surface area contributed by atoms with E-state index in [1.165, 1.54) is 32.1 Å². The number of aliphatic hydroxyl groups excluding tert-OH is 1. The lowest BCUT2D eigenvalue weighted by Gasteiger charge is -2.58. The molecule has 0 amide bonds. The molecule has 1 heterocycles. The van der Waals surface area contributed by atoms with Crippen molar-refractivity contribution in [1.29, 1.82) is 0 Å². The lowest BCUT2D eigenvalue weighted by atomic mass is 9.46. The minimum atomic E-state index is 0.0629. The van der Waals surface area contributed by atoms with Crippen LogP contribution in [0.25, 0.3) is 0 Å². The molecule has 1 N–H and O–H groups in total. The Morgan fingerprint density at radius 2 is 1.88 bits per heavy atom. The fourth-order valence-electron chi connectivity index (χ4n) is 5.28. The third-order valence-corrected chi connectivity index (χ3v) is 6.26. The molecule has 1 spiro atoms. The molecule has 3 fully saturated rings. The predicted molar refractivity (Wildman–Crippen MR) is 67.7 cm³/mol. The summed E-state index contributed by atoms with van der Waals surface area (Å²) in [4.78, 5) is 0. The SMILES string of the molecule is CC1(C)CCC[C@@]2(C)[C@H]1CC[C@]1(CO1)[C@@H]2CO. The van der Waals surface area contributed by atoms with Crippen molar-refractivity contribution in [2.45, 2.75) is 58.5 Å². The minimum Gasteiger partial charge on any atom is -0.396 e. The van der Waals surface area contributed by atoms with Gasteiger partial charge in [0, 0.05) is 12.5 Å². The second-order valence-corrected chi connectivity index (χ2v) is 7.53. The summed E-state index contributed by atoms with van der Waals surface area (Å²) in [5.74, 6) is 1.13. The van der Waals surface area contributed by atoms with Gasteiger partial charge in [-0.3, -0.25) is 0 Å². The van der Waals surface area contributed by atoms with E-state index in [1.54, 1.807) is 0 Å². The molecule has 4 atom stereocenters. The summed E-state index contributed by atoms with van der Waals surface area (Å²) in [6, 6.07) is 0. The Morgan fingerprint density at radius 3 is 2.47 bits per heavy atom. The monoisotopic (exact) mass is 238 g/mol. The Balaban J connectivity index is 1.96. The molecule has 2 aliphatic carbocycles. The molecule has 3 aliphatic rings. The van der Waals surface area contributed by atoms with Crippen LogP contribution in [0, 0.1) is 22.7 Å². The topological polar surface area (TPSA) is 32.8 Å². The van der Waals surface area contributed by atoms with E-state index in [-0.39, 0.29) is 5.60 Å². The van der Waals surface area contributed by atoms with Gasteiger partial charge in [0.15, 0.2) is 0 Å². The third-order valence-electron chi connectivity index (χ3n) is 6.26. The van der Waals surface area contributed by atoms with Crippen LogP contribution in [-0.2, 0) is 4.74 Å². The highest BCUT2D eigenvalue weighted by atomic mass is 16.6. The van der Waals surface area contributed by atoms with E-state index in [0.29, 0.717) is 23.4 Å². The molecule has 3 rings (SSSR count). The van der Waals surface area contributed by atoms with Gasteiger partial charge in [-0.05, 0) is 42.4 Å². The number of ether oxygens (including phenoxy) is 1. The van der Waals surface area contributed by atoms with E-state index in [2.05, 4.69) is 20.8 Å². The average Bonchev–Trinajstić information content (AvgIpc) is 2.97. The smallest absolute Gasteiger partial charge is 0.0971 e. The molecule has 0 unspecified atom stereocenters. The van der Waals surface area contributed by atoms with Crippen molar-refractivity contribution in [3.8, 4) is 0 Å². The molecular weight excluding hydrogens is 212 g/mol. The van der Waals surface area contributed by atoms with Crippen LogP contribution in [0.1, 0.15) is 52.9 Å². The van der Waals surface area contributed by atoms with Gasteiger partial charge in [-0.1, -0.05) is 27.2 Å². The molecule has 0 radical (unpaired) electrons. The van der Waals surface area contributed by atoms with E-state index in [0.717, 1.165) is 12.5 Å². The number of hydrogen-bond acceptors (Lipinski definition) is 2. The summed E-state index contributed by atoms with van der Waals surface area (Å²) in [6.07, 6.45) is 6.39. The van der Waals surface area contributed by atoms with Gasteiger partial charge >= 0.3 is 0 Å². The highest BCUT2D eigenvalue weighted by molar-refractivity contribution is 5.13. The lowest BCUT2D eigenvalue weighted by Crippen LogP contribution is -2.55. The highest BCUT2D eigenvalue weighted by Crippen LogP contribution is 2.65. The van der Waals surface area contributed by atoms with Crippen LogP contribution in [0.3, 0.4) is 0 Å². The van der Waals surface area contributed by atoms with Crippen molar-refractivity contribution in [2.75, 3.05) is 13.2 Å². The largest absolute Gasteiger partial charge is 0.396 e. The van der Waals surface area contributed by atoms with Crippen LogP contribution in [0.5, 0.6) is 0 Å². The number of fused-ring (bicyclic) bond motifs is 1. The normalized spacial score (nSPS) is 52.2. The summed E-state index contributed by atoms with van der Waals surface area (Å²) in [5.41, 5.74) is 0.801. The number of epoxide rings is 1. The maximum absolute atomic E-state index is 9.86. The summed E-state index contributed by atoms with van der Waals surface area (Å²) >= 11 is 0. The van der Waals surface area contributed by atoms with Crippen molar-refractivity contribution in [1.82, 2.24) is 0 Å². The van der Waals surface area contributed by atoms with Crippen LogP contribution in [0.4, 0.5) is 0 Å². The van der Waals surface area contributed by atoms with E-state index in [1.807, 2.05) is 0 Å². The summed E-state index contributed by atoms with van der Waals surface area (Å²) < 4.78 is 5.76. The van der Waals surface area contributed by atoms with Crippen LogP contribution in [-0.4, -0.2) is 23.9 Å².